The fourth-order valence-corrected chi connectivity index (χ4v) is 2.51. The highest BCUT2D eigenvalue weighted by atomic mass is 35.5. The van der Waals surface area contributed by atoms with E-state index in [1.54, 1.807) is 6.20 Å². The number of rotatable bonds is 1. The van der Waals surface area contributed by atoms with Crippen molar-refractivity contribution >= 4 is 28.3 Å². The highest BCUT2D eigenvalue weighted by Crippen LogP contribution is 2.33. The molecule has 0 aliphatic carbocycles. The maximum Gasteiger partial charge on any atom is 0.146 e. The molecule has 0 bridgehead atoms. The maximum absolute atomic E-state index is 6.06. The van der Waals surface area contributed by atoms with Crippen LogP contribution in [0.15, 0.2) is 35.1 Å². The fraction of sp³-hybridized carbons (Fsp3) is 0.250. The highest BCUT2D eigenvalue weighted by molar-refractivity contribution is 6.31. The van der Waals surface area contributed by atoms with Crippen LogP contribution in [0.25, 0.3) is 11.0 Å². The smallest absolute Gasteiger partial charge is 0.146 e. The summed E-state index contributed by atoms with van der Waals surface area (Å²) in [5, 5.41) is 1.57. The molecular formula is C16H14ClN3. The number of fused-ring (bicyclic) bond motifs is 1. The first-order valence-electron chi connectivity index (χ1n) is 6.39. The molecule has 3 rings (SSSR count). The zero-order valence-corrected chi connectivity index (χ0v) is 12.3. The Kier molecular flexibility index (Phi) is 2.92. The Hall–Kier alpha value is -2.05. The molecule has 1 atom stereocenters. The number of nitrogens with one attached hydrogen (secondary N) is 1. The van der Waals surface area contributed by atoms with Crippen LogP contribution in [0.3, 0.4) is 0 Å². The van der Waals surface area contributed by atoms with Crippen LogP contribution in [0.4, 0.5) is 0 Å². The number of allylic oxidation sites excluding steroid dienone is 2. The van der Waals surface area contributed by atoms with E-state index in [2.05, 4.69) is 21.8 Å². The number of hydrogen-bond donors (Lipinski definition) is 1. The molecule has 100 valence electrons. The highest BCUT2D eigenvalue weighted by Gasteiger charge is 2.28. The van der Waals surface area contributed by atoms with Crippen LogP contribution in [-0.4, -0.2) is 15.7 Å². The summed E-state index contributed by atoms with van der Waals surface area (Å²) < 4.78 is 0. The molecule has 1 aliphatic heterocycles. The Morgan fingerprint density at radius 3 is 2.95 bits per heavy atom. The molecule has 20 heavy (non-hydrogen) atoms. The predicted octanol–water partition coefficient (Wildman–Crippen LogP) is 3.86. The first-order valence-corrected chi connectivity index (χ1v) is 6.77. The lowest BCUT2D eigenvalue weighted by Gasteiger charge is -2.19. The molecule has 3 heterocycles. The molecule has 0 saturated heterocycles. The lowest BCUT2D eigenvalue weighted by Crippen LogP contribution is -2.18. The number of aromatic amines is 1. The summed E-state index contributed by atoms with van der Waals surface area (Å²) in [7, 11) is 0. The number of hydrogen-bond acceptors (Lipinski definition) is 2. The zero-order chi connectivity index (χ0) is 14.3. The molecule has 0 spiro atoms. The van der Waals surface area contributed by atoms with Gasteiger partial charge in [-0.2, -0.15) is 0 Å². The van der Waals surface area contributed by atoms with Gasteiger partial charge in [-0.3, -0.25) is 4.99 Å². The standard InChI is InChI=1S/C16H14ClN3/c1-10-5-4-6-16(3,20-11(10)2)14-9-19-15-13(14)7-12(17)8-18-15/h5,7-9H,1-3H3,(H,18,19). The fourth-order valence-electron chi connectivity index (χ4n) is 2.35. The van der Waals surface area contributed by atoms with Gasteiger partial charge < -0.3 is 4.98 Å². The molecule has 1 aliphatic rings. The van der Waals surface area contributed by atoms with Crippen LogP contribution in [0.1, 0.15) is 26.3 Å². The Bertz CT molecular complexity index is 817. The molecule has 4 heteroatoms. The second-order valence-corrected chi connectivity index (χ2v) is 5.55. The van der Waals surface area contributed by atoms with Crippen molar-refractivity contribution in [3.63, 3.8) is 0 Å². The van der Waals surface area contributed by atoms with Crippen LogP contribution < -0.4 is 0 Å². The molecule has 0 fully saturated rings. The minimum absolute atomic E-state index is 0.594. The van der Waals surface area contributed by atoms with Crippen molar-refractivity contribution in [3.8, 4) is 11.8 Å². The van der Waals surface area contributed by atoms with Crippen molar-refractivity contribution in [2.75, 3.05) is 0 Å². The van der Waals surface area contributed by atoms with Crippen molar-refractivity contribution in [2.45, 2.75) is 26.3 Å². The van der Waals surface area contributed by atoms with Gasteiger partial charge in [0.2, 0.25) is 0 Å². The lowest BCUT2D eigenvalue weighted by atomic mass is 9.93. The lowest BCUT2D eigenvalue weighted by molar-refractivity contribution is 0.667. The van der Waals surface area contributed by atoms with Gasteiger partial charge in [0.1, 0.15) is 11.2 Å². The number of H-pyrrole nitrogens is 1. The number of aliphatic imine (C=N–C) groups is 1. The SMILES string of the molecule is CC1=CC#CC(C)(c2c[nH]c3ncc(Cl)cc23)N=C1C. The van der Waals surface area contributed by atoms with Gasteiger partial charge in [0.05, 0.1) is 5.02 Å². The second-order valence-electron chi connectivity index (χ2n) is 5.12. The molecule has 0 amide bonds. The van der Waals surface area contributed by atoms with Crippen LogP contribution in [0, 0.1) is 11.8 Å². The van der Waals surface area contributed by atoms with Gasteiger partial charge in [-0.05, 0) is 38.5 Å². The van der Waals surface area contributed by atoms with E-state index in [1.165, 1.54) is 0 Å². The summed E-state index contributed by atoms with van der Waals surface area (Å²) in [6.07, 6.45) is 5.45. The quantitative estimate of drug-likeness (QED) is 0.794. The van der Waals surface area contributed by atoms with Crippen molar-refractivity contribution in [2.24, 2.45) is 4.99 Å². The third kappa shape index (κ3) is 2.03. The Morgan fingerprint density at radius 2 is 2.15 bits per heavy atom. The van der Waals surface area contributed by atoms with E-state index in [0.29, 0.717) is 5.02 Å². The molecule has 0 saturated carbocycles. The number of halogens is 1. The van der Waals surface area contributed by atoms with E-state index in [4.69, 9.17) is 16.6 Å². The van der Waals surface area contributed by atoms with Gasteiger partial charge in [-0.1, -0.05) is 23.4 Å². The number of pyridine rings is 1. The van der Waals surface area contributed by atoms with E-state index in [0.717, 1.165) is 27.9 Å². The summed E-state index contributed by atoms with van der Waals surface area (Å²) in [6.45, 7) is 6.03. The van der Waals surface area contributed by atoms with Crippen LogP contribution in [-0.2, 0) is 5.54 Å². The third-order valence-electron chi connectivity index (χ3n) is 3.59. The van der Waals surface area contributed by atoms with Crippen LogP contribution >= 0.6 is 11.6 Å². The number of nitrogens with zero attached hydrogens (tertiary/aromatic N) is 2. The Balaban J connectivity index is 2.24. The summed E-state index contributed by atoms with van der Waals surface area (Å²) >= 11 is 6.06. The normalized spacial score (nSPS) is 21.8. The van der Waals surface area contributed by atoms with Crippen molar-refractivity contribution in [3.05, 3.63) is 40.7 Å². The maximum atomic E-state index is 6.06. The van der Waals surface area contributed by atoms with E-state index < -0.39 is 5.54 Å². The summed E-state index contributed by atoms with van der Waals surface area (Å²) in [6, 6.07) is 1.90. The topological polar surface area (TPSA) is 41.0 Å². The molecule has 1 N–H and O–H groups in total. The van der Waals surface area contributed by atoms with E-state index in [-0.39, 0.29) is 0 Å². The average molecular weight is 284 g/mol. The monoisotopic (exact) mass is 283 g/mol. The van der Waals surface area contributed by atoms with Gasteiger partial charge in [0, 0.05) is 29.1 Å². The molecular weight excluding hydrogens is 270 g/mol. The van der Waals surface area contributed by atoms with Crippen LogP contribution in [0.5, 0.6) is 0 Å². The first kappa shape index (κ1) is 13.0. The van der Waals surface area contributed by atoms with Gasteiger partial charge in [-0.25, -0.2) is 4.98 Å². The summed E-state index contributed by atoms with van der Waals surface area (Å²) in [5.41, 5.74) is 3.28. The Labute approximate surface area is 122 Å². The average Bonchev–Trinajstić information content (AvgIpc) is 2.76. The van der Waals surface area contributed by atoms with E-state index in [1.807, 2.05) is 39.1 Å². The van der Waals surface area contributed by atoms with Gasteiger partial charge in [0.25, 0.3) is 0 Å². The van der Waals surface area contributed by atoms with Crippen LogP contribution in [0.2, 0.25) is 5.02 Å². The second kappa shape index (κ2) is 4.50. The van der Waals surface area contributed by atoms with Gasteiger partial charge in [-0.15, -0.1) is 0 Å². The summed E-state index contributed by atoms with van der Waals surface area (Å²) in [5.74, 6) is 6.32. The summed E-state index contributed by atoms with van der Waals surface area (Å²) in [4.78, 5) is 12.2. The molecule has 2 aromatic heterocycles. The Morgan fingerprint density at radius 1 is 1.35 bits per heavy atom. The van der Waals surface area contributed by atoms with Gasteiger partial charge in [0.15, 0.2) is 0 Å². The molecule has 2 aromatic rings. The van der Waals surface area contributed by atoms with Crippen molar-refractivity contribution in [1.29, 1.82) is 0 Å². The molecule has 0 radical (unpaired) electrons. The van der Waals surface area contributed by atoms with Crippen molar-refractivity contribution < 1.29 is 0 Å². The minimum Gasteiger partial charge on any atom is -0.346 e. The predicted molar refractivity (Wildman–Crippen MR) is 83.1 cm³/mol. The van der Waals surface area contributed by atoms with E-state index >= 15 is 0 Å². The third-order valence-corrected chi connectivity index (χ3v) is 3.80. The first-order chi connectivity index (χ1) is 9.49. The molecule has 0 aromatic carbocycles. The van der Waals surface area contributed by atoms with Gasteiger partial charge >= 0.3 is 0 Å². The van der Waals surface area contributed by atoms with E-state index in [9.17, 15) is 0 Å². The number of aromatic nitrogens is 2. The minimum atomic E-state index is -0.594. The largest absolute Gasteiger partial charge is 0.346 e. The zero-order valence-electron chi connectivity index (χ0n) is 11.6. The molecule has 1 unspecified atom stereocenters. The van der Waals surface area contributed by atoms with Crippen molar-refractivity contribution in [1.82, 2.24) is 9.97 Å². The molecule has 3 nitrogen and oxygen atoms in total.